The van der Waals surface area contributed by atoms with Crippen LogP contribution >= 0.6 is 0 Å². The molecule has 5 nitrogen and oxygen atoms in total. The minimum Gasteiger partial charge on any atom is -0.504 e. The van der Waals surface area contributed by atoms with Crippen LogP contribution in [0.5, 0.6) is 11.5 Å². The Morgan fingerprint density at radius 3 is 2.58 bits per heavy atom. The van der Waals surface area contributed by atoms with E-state index in [1.165, 1.54) is 7.11 Å². The van der Waals surface area contributed by atoms with Crippen molar-refractivity contribution in [3.8, 4) is 11.5 Å². The van der Waals surface area contributed by atoms with E-state index in [-0.39, 0.29) is 17.6 Å². The lowest BCUT2D eigenvalue weighted by atomic mass is 10.0. The zero-order valence-electron chi connectivity index (χ0n) is 11.9. The number of amides is 1. The molecule has 1 atom stereocenters. The van der Waals surface area contributed by atoms with Crippen LogP contribution in [-0.4, -0.2) is 36.1 Å². The van der Waals surface area contributed by atoms with E-state index >= 15 is 0 Å². The van der Waals surface area contributed by atoms with Gasteiger partial charge < -0.3 is 20.5 Å². The SMILES string of the molecule is COc1ccc(CN(C)C(=O)[C@@H](N)C(C)C)cc1O. The summed E-state index contributed by atoms with van der Waals surface area (Å²) in [5, 5.41) is 9.69. The number of rotatable bonds is 5. The fourth-order valence-electron chi connectivity index (χ4n) is 1.73. The van der Waals surface area contributed by atoms with Gasteiger partial charge in [0.05, 0.1) is 13.2 Å². The van der Waals surface area contributed by atoms with Crippen molar-refractivity contribution in [3.05, 3.63) is 23.8 Å². The first-order valence-electron chi connectivity index (χ1n) is 6.23. The maximum atomic E-state index is 12.0. The van der Waals surface area contributed by atoms with Gasteiger partial charge in [0.15, 0.2) is 11.5 Å². The summed E-state index contributed by atoms with van der Waals surface area (Å²) in [4.78, 5) is 13.6. The van der Waals surface area contributed by atoms with Crippen molar-refractivity contribution in [2.45, 2.75) is 26.4 Å². The summed E-state index contributed by atoms with van der Waals surface area (Å²) in [6.45, 7) is 4.22. The Bertz CT molecular complexity index is 446. The van der Waals surface area contributed by atoms with Gasteiger partial charge in [0.25, 0.3) is 0 Å². The monoisotopic (exact) mass is 266 g/mol. The lowest BCUT2D eigenvalue weighted by Gasteiger charge is -2.23. The van der Waals surface area contributed by atoms with Gasteiger partial charge in [-0.1, -0.05) is 19.9 Å². The normalized spacial score (nSPS) is 12.3. The van der Waals surface area contributed by atoms with E-state index in [0.717, 1.165) is 5.56 Å². The maximum absolute atomic E-state index is 12.0. The Balaban J connectivity index is 2.74. The van der Waals surface area contributed by atoms with Crippen molar-refractivity contribution in [2.75, 3.05) is 14.2 Å². The van der Waals surface area contributed by atoms with E-state index in [1.807, 2.05) is 19.9 Å². The lowest BCUT2D eigenvalue weighted by Crippen LogP contribution is -2.44. The zero-order valence-corrected chi connectivity index (χ0v) is 11.9. The van der Waals surface area contributed by atoms with Gasteiger partial charge in [-0.2, -0.15) is 0 Å². The molecule has 0 aromatic heterocycles. The number of phenolic OH excluding ortho intramolecular Hbond substituents is 1. The number of nitrogens with two attached hydrogens (primary N) is 1. The molecule has 0 radical (unpaired) electrons. The van der Waals surface area contributed by atoms with E-state index < -0.39 is 6.04 Å². The molecular formula is C14H22N2O3. The highest BCUT2D eigenvalue weighted by atomic mass is 16.5. The summed E-state index contributed by atoms with van der Waals surface area (Å²) >= 11 is 0. The summed E-state index contributed by atoms with van der Waals surface area (Å²) in [6, 6.07) is 4.56. The highest BCUT2D eigenvalue weighted by Crippen LogP contribution is 2.26. The molecule has 1 aromatic carbocycles. The van der Waals surface area contributed by atoms with Gasteiger partial charge >= 0.3 is 0 Å². The highest BCUT2D eigenvalue weighted by Gasteiger charge is 2.21. The second kappa shape index (κ2) is 6.43. The Hall–Kier alpha value is -1.75. The molecule has 0 aliphatic rings. The number of phenols is 1. The Labute approximate surface area is 114 Å². The van der Waals surface area contributed by atoms with Gasteiger partial charge in [0.1, 0.15) is 0 Å². The molecule has 106 valence electrons. The van der Waals surface area contributed by atoms with E-state index in [0.29, 0.717) is 12.3 Å². The van der Waals surface area contributed by atoms with Crippen LogP contribution in [0.25, 0.3) is 0 Å². The number of benzene rings is 1. The Morgan fingerprint density at radius 2 is 2.11 bits per heavy atom. The number of nitrogens with zero attached hydrogens (tertiary/aromatic N) is 1. The third-order valence-electron chi connectivity index (χ3n) is 3.04. The molecule has 0 aliphatic heterocycles. The number of hydrogen-bond acceptors (Lipinski definition) is 4. The van der Waals surface area contributed by atoms with Crippen LogP contribution in [0.2, 0.25) is 0 Å². The first-order chi connectivity index (χ1) is 8.86. The van der Waals surface area contributed by atoms with Crippen LogP contribution in [0, 0.1) is 5.92 Å². The van der Waals surface area contributed by atoms with E-state index in [1.54, 1.807) is 24.1 Å². The lowest BCUT2D eigenvalue weighted by molar-refractivity contribution is -0.132. The molecule has 0 bridgehead atoms. The molecule has 1 amide bonds. The second-order valence-electron chi connectivity index (χ2n) is 4.97. The van der Waals surface area contributed by atoms with E-state index in [4.69, 9.17) is 10.5 Å². The molecule has 1 rings (SSSR count). The third kappa shape index (κ3) is 3.86. The van der Waals surface area contributed by atoms with Crippen LogP contribution < -0.4 is 10.5 Å². The zero-order chi connectivity index (χ0) is 14.6. The predicted molar refractivity (Wildman–Crippen MR) is 73.9 cm³/mol. The van der Waals surface area contributed by atoms with E-state index in [2.05, 4.69) is 0 Å². The van der Waals surface area contributed by atoms with Crippen LogP contribution in [0.1, 0.15) is 19.4 Å². The van der Waals surface area contributed by atoms with Crippen LogP contribution in [0.3, 0.4) is 0 Å². The smallest absolute Gasteiger partial charge is 0.239 e. The van der Waals surface area contributed by atoms with Crippen molar-refractivity contribution < 1.29 is 14.6 Å². The van der Waals surface area contributed by atoms with Crippen molar-refractivity contribution in [1.29, 1.82) is 0 Å². The Kier molecular flexibility index (Phi) is 5.18. The van der Waals surface area contributed by atoms with Crippen molar-refractivity contribution >= 4 is 5.91 Å². The average molecular weight is 266 g/mol. The molecule has 19 heavy (non-hydrogen) atoms. The molecular weight excluding hydrogens is 244 g/mol. The van der Waals surface area contributed by atoms with Crippen molar-refractivity contribution in [2.24, 2.45) is 11.7 Å². The van der Waals surface area contributed by atoms with Crippen LogP contribution in [0.15, 0.2) is 18.2 Å². The molecule has 0 spiro atoms. The molecule has 0 unspecified atom stereocenters. The van der Waals surface area contributed by atoms with Crippen molar-refractivity contribution in [3.63, 3.8) is 0 Å². The molecule has 0 saturated heterocycles. The van der Waals surface area contributed by atoms with Crippen LogP contribution in [-0.2, 0) is 11.3 Å². The highest BCUT2D eigenvalue weighted by molar-refractivity contribution is 5.81. The topological polar surface area (TPSA) is 75.8 Å². The molecule has 3 N–H and O–H groups in total. The fraction of sp³-hybridized carbons (Fsp3) is 0.500. The summed E-state index contributed by atoms with van der Waals surface area (Å²) in [5.41, 5.74) is 6.65. The summed E-state index contributed by atoms with van der Waals surface area (Å²) in [7, 11) is 3.19. The number of hydrogen-bond donors (Lipinski definition) is 2. The predicted octanol–water partition coefficient (Wildman–Crippen LogP) is 1.34. The first-order valence-corrected chi connectivity index (χ1v) is 6.23. The number of methoxy groups -OCH3 is 1. The van der Waals surface area contributed by atoms with Gasteiger partial charge in [0.2, 0.25) is 5.91 Å². The molecule has 1 aromatic rings. The number of likely N-dealkylation sites (N-methyl/N-ethyl adjacent to an activating group) is 1. The van der Waals surface area contributed by atoms with Gasteiger partial charge in [0, 0.05) is 13.6 Å². The van der Waals surface area contributed by atoms with Gasteiger partial charge in [-0.3, -0.25) is 4.79 Å². The summed E-state index contributed by atoms with van der Waals surface area (Å²) in [6.07, 6.45) is 0. The first kappa shape index (κ1) is 15.3. The number of aromatic hydroxyl groups is 1. The summed E-state index contributed by atoms with van der Waals surface area (Å²) < 4.78 is 4.97. The van der Waals surface area contributed by atoms with Crippen molar-refractivity contribution in [1.82, 2.24) is 4.90 Å². The minimum atomic E-state index is -0.503. The number of carbonyl (C=O) groups is 1. The molecule has 0 fully saturated rings. The largest absolute Gasteiger partial charge is 0.504 e. The average Bonchev–Trinajstić information content (AvgIpc) is 2.37. The summed E-state index contributed by atoms with van der Waals surface area (Å²) in [5.74, 6) is 0.468. The molecule has 0 heterocycles. The minimum absolute atomic E-state index is 0.0639. The number of ether oxygens (including phenoxy) is 1. The standard InChI is InChI=1S/C14H22N2O3/c1-9(2)13(15)14(18)16(3)8-10-5-6-12(19-4)11(17)7-10/h5-7,9,13,17H,8,15H2,1-4H3/t13-/m0/s1. The fourth-order valence-corrected chi connectivity index (χ4v) is 1.73. The van der Waals surface area contributed by atoms with Gasteiger partial charge in [-0.05, 0) is 23.6 Å². The maximum Gasteiger partial charge on any atom is 0.239 e. The van der Waals surface area contributed by atoms with E-state index in [9.17, 15) is 9.90 Å². The number of carbonyl (C=O) groups excluding carboxylic acids is 1. The molecule has 5 heteroatoms. The molecule has 0 saturated carbocycles. The second-order valence-corrected chi connectivity index (χ2v) is 4.97. The molecule has 0 aliphatic carbocycles. The van der Waals surface area contributed by atoms with Gasteiger partial charge in [-0.15, -0.1) is 0 Å². The quantitative estimate of drug-likeness (QED) is 0.843. The third-order valence-corrected chi connectivity index (χ3v) is 3.04. The van der Waals surface area contributed by atoms with Gasteiger partial charge in [-0.25, -0.2) is 0 Å². The van der Waals surface area contributed by atoms with Crippen LogP contribution in [0.4, 0.5) is 0 Å². The Morgan fingerprint density at radius 1 is 1.47 bits per heavy atom.